The number of amides is 2. The quantitative estimate of drug-likeness (QED) is 0.912. The highest BCUT2D eigenvalue weighted by Crippen LogP contribution is 2.21. The van der Waals surface area contributed by atoms with Gasteiger partial charge in [-0.1, -0.05) is 23.7 Å². The second-order valence-corrected chi connectivity index (χ2v) is 6.29. The van der Waals surface area contributed by atoms with Crippen molar-refractivity contribution in [2.45, 2.75) is 19.4 Å². The van der Waals surface area contributed by atoms with Crippen molar-refractivity contribution in [3.05, 3.63) is 64.2 Å². The van der Waals surface area contributed by atoms with Crippen LogP contribution in [0.1, 0.15) is 34.3 Å². The molecule has 0 unspecified atom stereocenters. The molecule has 6 heteroatoms. The van der Waals surface area contributed by atoms with Crippen molar-refractivity contribution < 1.29 is 9.59 Å². The Hall–Kier alpha value is -2.84. The molecule has 1 heterocycles. The van der Waals surface area contributed by atoms with Crippen LogP contribution >= 0.6 is 11.6 Å². The van der Waals surface area contributed by atoms with Crippen LogP contribution in [0.15, 0.2) is 42.5 Å². The Labute approximate surface area is 150 Å². The highest BCUT2D eigenvalue weighted by Gasteiger charge is 2.20. The monoisotopic (exact) mass is 353 g/mol. The van der Waals surface area contributed by atoms with E-state index in [2.05, 4.69) is 5.32 Å². The van der Waals surface area contributed by atoms with Crippen molar-refractivity contribution in [2.24, 2.45) is 0 Å². The summed E-state index contributed by atoms with van der Waals surface area (Å²) in [6.07, 6.45) is 1.48. The molecule has 0 atom stereocenters. The van der Waals surface area contributed by atoms with E-state index in [1.165, 1.54) is 0 Å². The summed E-state index contributed by atoms with van der Waals surface area (Å²) >= 11 is 5.98. The van der Waals surface area contributed by atoms with E-state index < -0.39 is 0 Å². The first-order valence-corrected chi connectivity index (χ1v) is 8.32. The van der Waals surface area contributed by atoms with E-state index in [1.807, 2.05) is 12.1 Å². The molecule has 1 aliphatic heterocycles. The Kier molecular flexibility index (Phi) is 5.01. The number of halogens is 1. The molecule has 2 aromatic carbocycles. The first-order valence-electron chi connectivity index (χ1n) is 7.94. The maximum absolute atomic E-state index is 12.4. The third-order valence-electron chi connectivity index (χ3n) is 4.08. The lowest BCUT2D eigenvalue weighted by molar-refractivity contribution is -0.128. The van der Waals surface area contributed by atoms with Crippen molar-refractivity contribution in [3.8, 4) is 6.07 Å². The van der Waals surface area contributed by atoms with Crippen molar-refractivity contribution in [1.29, 1.82) is 5.26 Å². The van der Waals surface area contributed by atoms with Crippen LogP contribution < -0.4 is 5.32 Å². The predicted molar refractivity (Wildman–Crippen MR) is 95.2 cm³/mol. The largest absolute Gasteiger partial charge is 0.338 e. The molecule has 3 rings (SSSR count). The van der Waals surface area contributed by atoms with Gasteiger partial charge in [-0.25, -0.2) is 0 Å². The molecule has 5 nitrogen and oxygen atoms in total. The summed E-state index contributed by atoms with van der Waals surface area (Å²) in [7, 11) is 0. The Balaban J connectivity index is 1.72. The maximum atomic E-state index is 12.4. The minimum atomic E-state index is -0.268. The average Bonchev–Trinajstić information content (AvgIpc) is 3.00. The van der Waals surface area contributed by atoms with E-state index in [0.29, 0.717) is 34.8 Å². The molecule has 2 amide bonds. The Bertz CT molecular complexity index is 873. The van der Waals surface area contributed by atoms with E-state index in [9.17, 15) is 9.59 Å². The van der Waals surface area contributed by atoms with Gasteiger partial charge in [0, 0.05) is 30.8 Å². The summed E-state index contributed by atoms with van der Waals surface area (Å²) < 4.78 is 0. The predicted octanol–water partition coefficient (Wildman–Crippen LogP) is 3.59. The number of rotatable bonds is 4. The van der Waals surface area contributed by atoms with Crippen LogP contribution in [0.2, 0.25) is 5.02 Å². The summed E-state index contributed by atoms with van der Waals surface area (Å²) in [5.41, 5.74) is 2.30. The van der Waals surface area contributed by atoms with Crippen molar-refractivity contribution in [2.75, 3.05) is 11.9 Å². The third kappa shape index (κ3) is 3.98. The Morgan fingerprint density at radius 2 is 2.12 bits per heavy atom. The van der Waals surface area contributed by atoms with E-state index in [0.717, 1.165) is 18.5 Å². The van der Waals surface area contributed by atoms with E-state index in [1.54, 1.807) is 41.3 Å². The number of carbonyl (C=O) groups excluding carboxylic acids is 2. The lowest BCUT2D eigenvalue weighted by Gasteiger charge is -2.16. The van der Waals surface area contributed by atoms with Gasteiger partial charge in [0.1, 0.15) is 6.07 Å². The van der Waals surface area contributed by atoms with Gasteiger partial charge in [-0.2, -0.15) is 5.26 Å². The number of nitrogens with one attached hydrogen (secondary N) is 1. The molecule has 0 spiro atoms. The van der Waals surface area contributed by atoms with E-state index in [-0.39, 0.29) is 11.8 Å². The Morgan fingerprint density at radius 1 is 1.28 bits per heavy atom. The van der Waals surface area contributed by atoms with E-state index >= 15 is 0 Å². The van der Waals surface area contributed by atoms with Gasteiger partial charge in [0.2, 0.25) is 5.91 Å². The number of nitriles is 1. The normalized spacial score (nSPS) is 13.6. The van der Waals surface area contributed by atoms with Crippen LogP contribution in [-0.4, -0.2) is 23.3 Å². The van der Waals surface area contributed by atoms with Crippen LogP contribution in [0.4, 0.5) is 5.69 Å². The summed E-state index contributed by atoms with van der Waals surface area (Å²) in [5.74, 6) is -0.113. The van der Waals surface area contributed by atoms with E-state index in [4.69, 9.17) is 16.9 Å². The lowest BCUT2D eigenvalue weighted by Crippen LogP contribution is -2.24. The third-order valence-corrected chi connectivity index (χ3v) is 4.39. The van der Waals surface area contributed by atoms with Crippen LogP contribution in [0, 0.1) is 11.3 Å². The number of likely N-dealkylation sites (tertiary alicyclic amines) is 1. The average molecular weight is 354 g/mol. The zero-order valence-electron chi connectivity index (χ0n) is 13.5. The highest BCUT2D eigenvalue weighted by molar-refractivity contribution is 6.32. The van der Waals surface area contributed by atoms with Gasteiger partial charge in [-0.05, 0) is 42.3 Å². The van der Waals surface area contributed by atoms with Gasteiger partial charge in [0.25, 0.3) is 5.91 Å². The summed E-state index contributed by atoms with van der Waals surface area (Å²) in [6, 6.07) is 13.9. The van der Waals surface area contributed by atoms with Gasteiger partial charge in [0.15, 0.2) is 0 Å². The zero-order valence-corrected chi connectivity index (χ0v) is 14.2. The molecular weight excluding hydrogens is 338 g/mol. The van der Waals surface area contributed by atoms with Gasteiger partial charge >= 0.3 is 0 Å². The standard InChI is InChI=1S/C19H16ClN3O2/c20-17-10-16(7-6-15(17)11-21)22-19(25)14-4-1-3-13(9-14)12-23-8-2-5-18(23)24/h1,3-4,6-7,9-10H,2,5,8,12H2,(H,22,25). The smallest absolute Gasteiger partial charge is 0.255 e. The molecule has 0 bridgehead atoms. The van der Waals surface area contributed by atoms with Gasteiger partial charge in [-0.3, -0.25) is 9.59 Å². The van der Waals surface area contributed by atoms with Crippen LogP contribution in [0.3, 0.4) is 0 Å². The lowest BCUT2D eigenvalue weighted by atomic mass is 10.1. The molecule has 0 aliphatic carbocycles. The molecular formula is C19H16ClN3O2. The van der Waals surface area contributed by atoms with Gasteiger partial charge < -0.3 is 10.2 Å². The minimum Gasteiger partial charge on any atom is -0.338 e. The molecule has 1 aliphatic rings. The van der Waals surface area contributed by atoms with Gasteiger partial charge in [-0.15, -0.1) is 0 Å². The van der Waals surface area contributed by atoms with Crippen LogP contribution in [0.25, 0.3) is 0 Å². The fourth-order valence-corrected chi connectivity index (χ4v) is 3.01. The summed E-state index contributed by atoms with van der Waals surface area (Å²) in [6.45, 7) is 1.28. The molecule has 0 radical (unpaired) electrons. The first-order chi connectivity index (χ1) is 12.1. The molecule has 25 heavy (non-hydrogen) atoms. The summed E-state index contributed by atoms with van der Waals surface area (Å²) in [4.78, 5) is 26.0. The van der Waals surface area contributed by atoms with Crippen molar-refractivity contribution in [1.82, 2.24) is 4.90 Å². The molecule has 1 N–H and O–H groups in total. The molecule has 0 saturated carbocycles. The molecule has 1 fully saturated rings. The topological polar surface area (TPSA) is 73.2 Å². The van der Waals surface area contributed by atoms with Crippen molar-refractivity contribution in [3.63, 3.8) is 0 Å². The fourth-order valence-electron chi connectivity index (χ4n) is 2.79. The number of carbonyl (C=O) groups is 2. The maximum Gasteiger partial charge on any atom is 0.255 e. The Morgan fingerprint density at radius 3 is 2.80 bits per heavy atom. The molecule has 126 valence electrons. The van der Waals surface area contributed by atoms with Gasteiger partial charge in [0.05, 0.1) is 10.6 Å². The summed E-state index contributed by atoms with van der Waals surface area (Å²) in [5, 5.41) is 11.9. The second-order valence-electron chi connectivity index (χ2n) is 5.88. The molecule has 2 aromatic rings. The van der Waals surface area contributed by atoms with Crippen molar-refractivity contribution >= 4 is 29.1 Å². The minimum absolute atomic E-state index is 0.155. The number of hydrogen-bond acceptors (Lipinski definition) is 3. The fraction of sp³-hybridized carbons (Fsp3) is 0.211. The van der Waals surface area contributed by atoms with Crippen LogP contribution in [0.5, 0.6) is 0 Å². The highest BCUT2D eigenvalue weighted by atomic mass is 35.5. The van der Waals surface area contributed by atoms with Crippen LogP contribution in [-0.2, 0) is 11.3 Å². The molecule has 0 aromatic heterocycles. The number of benzene rings is 2. The second kappa shape index (κ2) is 7.37. The number of hydrogen-bond donors (Lipinski definition) is 1. The number of anilines is 1. The first kappa shape index (κ1) is 17.0. The SMILES string of the molecule is N#Cc1ccc(NC(=O)c2cccc(CN3CCCC3=O)c2)cc1Cl. The zero-order chi connectivity index (χ0) is 17.8. The number of nitrogens with zero attached hydrogens (tertiary/aromatic N) is 2. The molecule has 1 saturated heterocycles.